The molecule has 0 unspecified atom stereocenters. The zero-order valence-electron chi connectivity index (χ0n) is 15.2. The Kier molecular flexibility index (Phi) is 6.84. The van der Waals surface area contributed by atoms with E-state index in [1.807, 2.05) is 6.92 Å². The first kappa shape index (κ1) is 19.6. The standard InChI is InChI=1S/C19H24N2O5/c1-3-10-25-15-7-6-14(11-16(15)24-2)18(23)26-12-17(22)21-19(13-20)8-4-5-9-19/h6-7,11H,3-5,8-10,12H2,1-2H3,(H,21,22). The van der Waals surface area contributed by atoms with E-state index in [4.69, 9.17) is 14.2 Å². The van der Waals surface area contributed by atoms with Gasteiger partial charge in [0.15, 0.2) is 18.1 Å². The molecule has 1 aliphatic rings. The van der Waals surface area contributed by atoms with Crippen LogP contribution in [0.4, 0.5) is 0 Å². The van der Waals surface area contributed by atoms with Gasteiger partial charge in [-0.25, -0.2) is 4.79 Å². The Labute approximate surface area is 153 Å². The molecule has 140 valence electrons. The molecule has 1 aliphatic carbocycles. The highest BCUT2D eigenvalue weighted by Gasteiger charge is 2.35. The largest absolute Gasteiger partial charge is 0.493 e. The second-order valence-corrected chi connectivity index (χ2v) is 6.24. The number of nitrogens with zero attached hydrogens (tertiary/aromatic N) is 1. The fourth-order valence-corrected chi connectivity index (χ4v) is 2.89. The highest BCUT2D eigenvalue weighted by molar-refractivity contribution is 5.92. The molecule has 26 heavy (non-hydrogen) atoms. The Morgan fingerprint density at radius 3 is 2.62 bits per heavy atom. The summed E-state index contributed by atoms with van der Waals surface area (Å²) in [6.45, 7) is 2.10. The average Bonchev–Trinajstić information content (AvgIpc) is 3.13. The van der Waals surface area contributed by atoms with Crippen molar-refractivity contribution in [3.63, 3.8) is 0 Å². The zero-order chi connectivity index (χ0) is 19.0. The van der Waals surface area contributed by atoms with Crippen molar-refractivity contribution in [1.82, 2.24) is 5.32 Å². The van der Waals surface area contributed by atoms with E-state index >= 15 is 0 Å². The van der Waals surface area contributed by atoms with E-state index in [1.54, 1.807) is 12.1 Å². The van der Waals surface area contributed by atoms with E-state index in [2.05, 4.69) is 11.4 Å². The molecule has 7 heteroatoms. The molecule has 1 aromatic carbocycles. The number of ether oxygens (including phenoxy) is 3. The molecule has 0 aliphatic heterocycles. The molecule has 0 heterocycles. The Morgan fingerprint density at radius 2 is 2.00 bits per heavy atom. The second kappa shape index (κ2) is 9.09. The molecule has 0 radical (unpaired) electrons. The third kappa shape index (κ3) is 4.88. The summed E-state index contributed by atoms with van der Waals surface area (Å²) in [5.74, 6) is -0.151. The fraction of sp³-hybridized carbons (Fsp3) is 0.526. The van der Waals surface area contributed by atoms with Crippen molar-refractivity contribution >= 4 is 11.9 Å². The maximum Gasteiger partial charge on any atom is 0.338 e. The highest BCUT2D eigenvalue weighted by atomic mass is 16.5. The maximum atomic E-state index is 12.2. The van der Waals surface area contributed by atoms with Crippen molar-refractivity contribution in [2.45, 2.75) is 44.6 Å². The molecule has 1 amide bonds. The lowest BCUT2D eigenvalue weighted by Crippen LogP contribution is -2.46. The molecule has 7 nitrogen and oxygen atoms in total. The lowest BCUT2D eigenvalue weighted by Gasteiger charge is -2.21. The van der Waals surface area contributed by atoms with Crippen molar-refractivity contribution in [2.75, 3.05) is 20.3 Å². The predicted molar refractivity (Wildman–Crippen MR) is 94.0 cm³/mol. The summed E-state index contributed by atoms with van der Waals surface area (Å²) in [5, 5.41) is 11.9. The molecule has 0 aromatic heterocycles. The molecule has 1 fully saturated rings. The van der Waals surface area contributed by atoms with Gasteiger partial charge in [0.05, 0.1) is 25.3 Å². The number of rotatable bonds is 8. The summed E-state index contributed by atoms with van der Waals surface area (Å²) in [6, 6.07) is 6.87. The lowest BCUT2D eigenvalue weighted by molar-refractivity contribution is -0.125. The Bertz CT molecular complexity index is 690. The van der Waals surface area contributed by atoms with Gasteiger partial charge in [0.2, 0.25) is 0 Å². The Morgan fingerprint density at radius 1 is 1.27 bits per heavy atom. The number of hydrogen-bond acceptors (Lipinski definition) is 6. The smallest absolute Gasteiger partial charge is 0.338 e. The van der Waals surface area contributed by atoms with Gasteiger partial charge in [-0.3, -0.25) is 4.79 Å². The summed E-state index contributed by atoms with van der Waals surface area (Å²) in [4.78, 5) is 24.2. The zero-order valence-corrected chi connectivity index (χ0v) is 15.2. The molecule has 0 atom stereocenters. The lowest BCUT2D eigenvalue weighted by atomic mass is 10.00. The molecule has 0 bridgehead atoms. The molecule has 1 aromatic rings. The maximum absolute atomic E-state index is 12.2. The van der Waals surface area contributed by atoms with Gasteiger partial charge in [0.25, 0.3) is 5.91 Å². The highest BCUT2D eigenvalue weighted by Crippen LogP contribution is 2.29. The van der Waals surface area contributed by atoms with Crippen LogP contribution >= 0.6 is 0 Å². The molecule has 1 N–H and O–H groups in total. The summed E-state index contributed by atoms with van der Waals surface area (Å²) in [7, 11) is 1.49. The van der Waals surface area contributed by atoms with Gasteiger partial charge in [-0.2, -0.15) is 5.26 Å². The van der Waals surface area contributed by atoms with E-state index in [0.29, 0.717) is 30.9 Å². The normalized spacial score (nSPS) is 15.0. The van der Waals surface area contributed by atoms with Crippen LogP contribution in [-0.2, 0) is 9.53 Å². The number of carbonyl (C=O) groups is 2. The number of methoxy groups -OCH3 is 1. The van der Waals surface area contributed by atoms with Gasteiger partial charge in [-0.05, 0) is 50.3 Å². The SMILES string of the molecule is CCCOc1ccc(C(=O)OCC(=O)NC2(C#N)CCCC2)cc1OC. The number of amides is 1. The van der Waals surface area contributed by atoms with Crippen LogP contribution in [0, 0.1) is 11.3 Å². The van der Waals surface area contributed by atoms with E-state index < -0.39 is 24.0 Å². The summed E-state index contributed by atoms with van der Waals surface area (Å²) in [6.07, 6.45) is 3.91. The second-order valence-electron chi connectivity index (χ2n) is 6.24. The van der Waals surface area contributed by atoms with E-state index in [1.165, 1.54) is 13.2 Å². The van der Waals surface area contributed by atoms with Crippen LogP contribution in [0.1, 0.15) is 49.4 Å². The first-order chi connectivity index (χ1) is 12.5. The van der Waals surface area contributed by atoms with Gasteiger partial charge >= 0.3 is 5.97 Å². The van der Waals surface area contributed by atoms with Crippen molar-refractivity contribution in [1.29, 1.82) is 5.26 Å². The minimum Gasteiger partial charge on any atom is -0.493 e. The predicted octanol–water partition coefficient (Wildman–Crippen LogP) is 2.59. The van der Waals surface area contributed by atoms with E-state index in [0.717, 1.165) is 19.3 Å². The number of benzene rings is 1. The molecule has 0 spiro atoms. The van der Waals surface area contributed by atoms with Crippen LogP contribution in [0.15, 0.2) is 18.2 Å². The number of nitrogens with one attached hydrogen (secondary N) is 1. The van der Waals surface area contributed by atoms with Crippen LogP contribution in [0.2, 0.25) is 0 Å². The Balaban J connectivity index is 1.93. The van der Waals surface area contributed by atoms with Gasteiger partial charge in [0, 0.05) is 0 Å². The molecular weight excluding hydrogens is 336 g/mol. The molecule has 2 rings (SSSR count). The molecular formula is C19H24N2O5. The Hall–Kier alpha value is -2.75. The van der Waals surface area contributed by atoms with Crippen molar-refractivity contribution in [3.05, 3.63) is 23.8 Å². The first-order valence-corrected chi connectivity index (χ1v) is 8.74. The summed E-state index contributed by atoms with van der Waals surface area (Å²) < 4.78 is 15.8. The van der Waals surface area contributed by atoms with Crippen LogP contribution in [0.5, 0.6) is 11.5 Å². The van der Waals surface area contributed by atoms with Gasteiger partial charge < -0.3 is 19.5 Å². The molecule has 1 saturated carbocycles. The van der Waals surface area contributed by atoms with E-state index in [-0.39, 0.29) is 5.56 Å². The van der Waals surface area contributed by atoms with Gasteiger partial charge in [-0.1, -0.05) is 6.92 Å². The third-order valence-electron chi connectivity index (χ3n) is 4.25. The minimum atomic E-state index is -0.828. The minimum absolute atomic E-state index is 0.259. The summed E-state index contributed by atoms with van der Waals surface area (Å²) >= 11 is 0. The monoisotopic (exact) mass is 360 g/mol. The fourth-order valence-electron chi connectivity index (χ4n) is 2.89. The quantitative estimate of drug-likeness (QED) is 0.716. The van der Waals surface area contributed by atoms with Crippen LogP contribution in [0.3, 0.4) is 0 Å². The third-order valence-corrected chi connectivity index (χ3v) is 4.25. The number of hydrogen-bond donors (Lipinski definition) is 1. The number of esters is 1. The van der Waals surface area contributed by atoms with Crippen molar-refractivity contribution in [3.8, 4) is 17.6 Å². The number of nitriles is 1. The van der Waals surface area contributed by atoms with Crippen molar-refractivity contribution < 1.29 is 23.8 Å². The number of carbonyl (C=O) groups excluding carboxylic acids is 2. The van der Waals surface area contributed by atoms with Crippen LogP contribution < -0.4 is 14.8 Å². The topological polar surface area (TPSA) is 97.6 Å². The van der Waals surface area contributed by atoms with E-state index in [9.17, 15) is 14.9 Å². The first-order valence-electron chi connectivity index (χ1n) is 8.74. The molecule has 0 saturated heterocycles. The van der Waals surface area contributed by atoms with Crippen LogP contribution in [0.25, 0.3) is 0 Å². The summed E-state index contributed by atoms with van der Waals surface area (Å²) in [5.41, 5.74) is -0.570. The average molecular weight is 360 g/mol. The van der Waals surface area contributed by atoms with Crippen LogP contribution in [-0.4, -0.2) is 37.7 Å². The van der Waals surface area contributed by atoms with Gasteiger partial charge in [0.1, 0.15) is 5.54 Å². The van der Waals surface area contributed by atoms with Crippen molar-refractivity contribution in [2.24, 2.45) is 0 Å². The van der Waals surface area contributed by atoms with Gasteiger partial charge in [-0.15, -0.1) is 0 Å².